The predicted molar refractivity (Wildman–Crippen MR) is 37.6 cm³/mol. The molecule has 0 fully saturated rings. The molecule has 0 aromatic heterocycles. The van der Waals surface area contributed by atoms with Crippen molar-refractivity contribution in [2.24, 2.45) is 5.92 Å². The third-order valence-corrected chi connectivity index (χ3v) is 0.697. The van der Waals surface area contributed by atoms with Crippen molar-refractivity contribution in [2.45, 2.75) is 20.3 Å². The van der Waals surface area contributed by atoms with E-state index in [2.05, 4.69) is 27.4 Å². The fourth-order valence-electron chi connectivity index (χ4n) is 0. The molecular weight excluding hydrogens is 367 g/mol. The van der Waals surface area contributed by atoms with Crippen molar-refractivity contribution in [3.05, 3.63) is 19.8 Å². The van der Waals surface area contributed by atoms with E-state index in [1.54, 1.807) is 0 Å². The second-order valence-electron chi connectivity index (χ2n) is 1.70. The van der Waals surface area contributed by atoms with Gasteiger partial charge < -0.3 is 12.0 Å². The Bertz CT molecular complexity index is 44.2. The first-order valence-corrected chi connectivity index (χ1v) is 2.77. The molecular formula is C7H15ORf-. The monoisotopic (exact) mass is 382 g/mol. The third-order valence-electron chi connectivity index (χ3n) is 0.697. The molecule has 0 heterocycles. The Hall–Kier alpha value is -1.46. The summed E-state index contributed by atoms with van der Waals surface area (Å²) in [5.41, 5.74) is 0. The quantitative estimate of drug-likeness (QED) is 0.546. The molecule has 1 atom stereocenters. The molecule has 0 aromatic rings. The minimum Gasteiger partial charge on any atom is -0.516 e. The zero-order valence-electron chi connectivity index (χ0n) is 6.43. The average Bonchev–Trinajstić information content (AvgIpc) is 1.69. The average molecular weight is 382 g/mol. The molecule has 0 radical (unpaired) electrons. The van der Waals surface area contributed by atoms with Crippen LogP contribution in [0.1, 0.15) is 20.3 Å². The van der Waals surface area contributed by atoms with Crippen LogP contribution in [-0.4, -0.2) is 5.11 Å². The Kier molecular flexibility index (Phi) is 27.8. The van der Waals surface area contributed by atoms with Crippen molar-refractivity contribution in [1.29, 1.82) is 0 Å². The van der Waals surface area contributed by atoms with Crippen LogP contribution in [-0.2, 0) is 0 Å². The van der Waals surface area contributed by atoms with E-state index >= 15 is 0 Å². The first-order valence-electron chi connectivity index (χ1n) is 2.77. The van der Waals surface area contributed by atoms with E-state index in [9.17, 15) is 0 Å². The maximum absolute atomic E-state index is 7.33. The maximum atomic E-state index is 7.33. The Morgan fingerprint density at radius 2 is 1.89 bits per heavy atom. The number of aliphatic hydroxyl groups is 1. The molecule has 0 rings (SSSR count). The van der Waals surface area contributed by atoms with Gasteiger partial charge in [0.1, 0.15) is 0 Å². The molecule has 0 aliphatic heterocycles. The van der Waals surface area contributed by atoms with Crippen LogP contribution in [0.5, 0.6) is 0 Å². The van der Waals surface area contributed by atoms with Gasteiger partial charge in [-0.2, -0.15) is 5.92 Å². The summed E-state index contributed by atoms with van der Waals surface area (Å²) in [6, 6.07) is 0. The summed E-state index contributed by atoms with van der Waals surface area (Å²) < 4.78 is 0. The van der Waals surface area contributed by atoms with Gasteiger partial charge in [-0.1, -0.05) is 26.8 Å². The van der Waals surface area contributed by atoms with Crippen molar-refractivity contribution >= 4 is 0 Å². The number of hydrogen-bond donors (Lipinski definition) is 1. The molecule has 52 valence electrons. The summed E-state index contributed by atoms with van der Waals surface area (Å²) in [5.74, 6) is 0.634. The predicted octanol–water partition coefficient (Wildman–Crippen LogP) is 2.55. The van der Waals surface area contributed by atoms with Gasteiger partial charge in [0, 0.05) is 0 Å². The fraction of sp³-hybridized carbons (Fsp3) is 0.571. The molecule has 1 nitrogen and oxygen atoms in total. The van der Waals surface area contributed by atoms with Crippen LogP contribution in [0.25, 0.3) is 0 Å². The second kappa shape index (κ2) is 16.0. The Balaban J connectivity index is -0.0000000800. The van der Waals surface area contributed by atoms with Crippen molar-refractivity contribution in [2.75, 3.05) is 0 Å². The van der Waals surface area contributed by atoms with Crippen LogP contribution in [0.3, 0.4) is 0 Å². The van der Waals surface area contributed by atoms with Gasteiger partial charge in [-0.25, -0.2) is 0 Å². The SMILES string of the molecule is C=CO.[CH2-]C(C)CC.[Rf]. The zero-order valence-corrected chi connectivity index (χ0v) is 12.8. The summed E-state index contributed by atoms with van der Waals surface area (Å²) in [6.45, 7) is 10.9. The Morgan fingerprint density at radius 3 is 1.89 bits per heavy atom. The zero-order chi connectivity index (χ0) is 6.99. The van der Waals surface area contributed by atoms with Gasteiger partial charge >= 0.3 is 0 Å². The number of aliphatic hydroxyl groups excluding tert-OH is 1. The second-order valence-corrected chi connectivity index (χ2v) is 1.70. The molecule has 0 bridgehead atoms. The molecule has 1 unspecified atom stereocenters. The molecule has 0 aliphatic carbocycles. The van der Waals surface area contributed by atoms with Crippen molar-refractivity contribution in [1.82, 2.24) is 0 Å². The van der Waals surface area contributed by atoms with Crippen LogP contribution >= 0.6 is 0 Å². The molecule has 0 amide bonds. The van der Waals surface area contributed by atoms with Crippen molar-refractivity contribution in [3.63, 3.8) is 0 Å². The smallest absolute Gasteiger partial charge is 0.0719 e. The molecule has 1 N–H and O–H groups in total. The van der Waals surface area contributed by atoms with E-state index in [1.807, 2.05) is 0 Å². The van der Waals surface area contributed by atoms with Crippen LogP contribution in [0.4, 0.5) is 0 Å². The van der Waals surface area contributed by atoms with E-state index in [0.717, 1.165) is 6.26 Å². The Labute approximate surface area is 52.0 Å². The van der Waals surface area contributed by atoms with Crippen LogP contribution in [0.2, 0.25) is 0 Å². The van der Waals surface area contributed by atoms with Gasteiger partial charge in [-0.05, 0) is 0 Å². The van der Waals surface area contributed by atoms with Gasteiger partial charge in [0.25, 0.3) is 0 Å². The molecule has 0 saturated carbocycles. The van der Waals surface area contributed by atoms with E-state index in [0.29, 0.717) is 5.92 Å². The molecule has 0 aliphatic rings. The van der Waals surface area contributed by atoms with Crippen molar-refractivity contribution in [3.8, 4) is 0 Å². The third kappa shape index (κ3) is 462. The molecule has 9 heavy (non-hydrogen) atoms. The molecule has 0 saturated heterocycles. The molecule has 0 aromatic carbocycles. The van der Waals surface area contributed by atoms with Gasteiger partial charge in [0.05, 0.1) is 6.26 Å². The maximum Gasteiger partial charge on any atom is 0.0719 e. The fourth-order valence-corrected chi connectivity index (χ4v) is 0. The molecule has 0 spiro atoms. The normalized spacial score (nSPS) is 9.67. The molecule has 2 heteroatoms. The Morgan fingerprint density at radius 1 is 1.78 bits per heavy atom. The minimum absolute atomic E-state index is 0. The number of rotatable bonds is 1. The summed E-state index contributed by atoms with van der Waals surface area (Å²) in [5, 5.41) is 7.33. The van der Waals surface area contributed by atoms with E-state index in [4.69, 9.17) is 5.11 Å². The summed E-state index contributed by atoms with van der Waals surface area (Å²) in [6.07, 6.45) is 1.94. The van der Waals surface area contributed by atoms with E-state index < -0.39 is 0 Å². The van der Waals surface area contributed by atoms with Crippen LogP contribution in [0, 0.1) is 12.8 Å². The topological polar surface area (TPSA) is 20.2 Å². The van der Waals surface area contributed by atoms with Gasteiger partial charge in [-0.15, -0.1) is 0 Å². The first-order chi connectivity index (χ1) is 3.68. The van der Waals surface area contributed by atoms with Crippen molar-refractivity contribution < 1.29 is 5.11 Å². The van der Waals surface area contributed by atoms with Gasteiger partial charge in [-0.3, -0.25) is 0 Å². The summed E-state index contributed by atoms with van der Waals surface area (Å²) >= 11 is 0. The first kappa shape index (κ1) is 15.6. The largest absolute Gasteiger partial charge is 0.516 e. The standard InChI is InChI=1S/C5H11.C2H4O.Rf/c1-4-5(2)3;1-2-3;/h5H,2,4H2,1,3H3;2-3H,1H2;/q-1;;. The van der Waals surface area contributed by atoms with Gasteiger partial charge in [0.15, 0.2) is 0 Å². The van der Waals surface area contributed by atoms with Crippen LogP contribution < -0.4 is 0 Å². The van der Waals surface area contributed by atoms with Crippen LogP contribution in [0.15, 0.2) is 12.8 Å². The number of hydrogen-bond acceptors (Lipinski definition) is 1. The van der Waals surface area contributed by atoms with E-state index in [1.165, 1.54) is 6.42 Å². The van der Waals surface area contributed by atoms with Gasteiger partial charge in [0.2, 0.25) is 0 Å². The summed E-state index contributed by atoms with van der Waals surface area (Å²) in [7, 11) is 0. The summed E-state index contributed by atoms with van der Waals surface area (Å²) in [4.78, 5) is 0. The van der Waals surface area contributed by atoms with E-state index in [-0.39, 0.29) is 0 Å². The minimum atomic E-state index is 0.